The zero-order valence-electron chi connectivity index (χ0n) is 10.4. The van der Waals surface area contributed by atoms with Crippen molar-refractivity contribution in [2.24, 2.45) is 5.73 Å². The second-order valence-electron chi connectivity index (χ2n) is 4.73. The molecule has 0 aromatic carbocycles. The summed E-state index contributed by atoms with van der Waals surface area (Å²) in [7, 11) is 1.65. The molecule has 0 radical (unpaired) electrons. The molecule has 1 rings (SSSR count). The minimum absolute atomic E-state index is 0.0250. The van der Waals surface area contributed by atoms with Gasteiger partial charge in [-0.05, 0) is 26.0 Å². The van der Waals surface area contributed by atoms with Crippen LogP contribution in [0.15, 0.2) is 0 Å². The number of thioether (sulfide) groups is 1. The van der Waals surface area contributed by atoms with E-state index in [2.05, 4.69) is 0 Å². The molecule has 0 spiro atoms. The van der Waals surface area contributed by atoms with Crippen molar-refractivity contribution in [2.75, 3.05) is 31.8 Å². The molecule has 1 heterocycles. The Kier molecular flexibility index (Phi) is 5.08. The molecule has 2 N–H and O–H groups in total. The van der Waals surface area contributed by atoms with Crippen molar-refractivity contribution in [3.8, 4) is 0 Å². The molecule has 0 bridgehead atoms. The smallest absolute Gasteiger partial charge is 0.242 e. The topological polar surface area (TPSA) is 55.6 Å². The van der Waals surface area contributed by atoms with Gasteiger partial charge in [-0.1, -0.05) is 0 Å². The van der Waals surface area contributed by atoms with E-state index >= 15 is 0 Å². The van der Waals surface area contributed by atoms with E-state index in [4.69, 9.17) is 10.5 Å². The molecular weight excluding hydrogens is 224 g/mol. The summed E-state index contributed by atoms with van der Waals surface area (Å²) in [4.78, 5) is 14.1. The van der Waals surface area contributed by atoms with Gasteiger partial charge in [0.1, 0.15) is 0 Å². The van der Waals surface area contributed by atoms with Gasteiger partial charge in [0.25, 0.3) is 0 Å². The van der Waals surface area contributed by atoms with E-state index in [1.807, 2.05) is 16.7 Å². The molecule has 16 heavy (non-hydrogen) atoms. The average Bonchev–Trinajstić information content (AvgIpc) is 2.70. The molecule has 1 atom stereocenters. The third-order valence-corrected chi connectivity index (χ3v) is 3.84. The van der Waals surface area contributed by atoms with Crippen LogP contribution in [0.3, 0.4) is 0 Å². The fourth-order valence-corrected chi connectivity index (χ4v) is 3.00. The molecule has 1 unspecified atom stereocenters. The fourth-order valence-electron chi connectivity index (χ4n) is 1.78. The highest BCUT2D eigenvalue weighted by Gasteiger charge is 2.33. The van der Waals surface area contributed by atoms with Crippen LogP contribution in [0.4, 0.5) is 0 Å². The molecule has 1 amide bonds. The molecule has 0 aromatic heterocycles. The Morgan fingerprint density at radius 2 is 2.31 bits per heavy atom. The summed E-state index contributed by atoms with van der Waals surface area (Å²) in [5, 5.41) is 0. The molecule has 5 heteroatoms. The van der Waals surface area contributed by atoms with E-state index in [9.17, 15) is 4.79 Å². The average molecular weight is 246 g/mol. The minimum atomic E-state index is -0.791. The predicted octanol–water partition coefficient (Wildman–Crippen LogP) is 0.704. The van der Waals surface area contributed by atoms with Crippen LogP contribution in [0.2, 0.25) is 0 Å². The molecule has 0 saturated carbocycles. The van der Waals surface area contributed by atoms with E-state index in [1.54, 1.807) is 21.0 Å². The first-order chi connectivity index (χ1) is 7.46. The largest absolute Gasteiger partial charge is 0.383 e. The maximum atomic E-state index is 12.2. The Bertz CT molecular complexity index is 235. The van der Waals surface area contributed by atoms with Gasteiger partial charge >= 0.3 is 0 Å². The van der Waals surface area contributed by atoms with Crippen LogP contribution in [0.5, 0.6) is 0 Å². The van der Waals surface area contributed by atoms with Crippen LogP contribution in [0.25, 0.3) is 0 Å². The first kappa shape index (κ1) is 13.8. The van der Waals surface area contributed by atoms with Gasteiger partial charge in [-0.3, -0.25) is 4.79 Å². The number of nitrogens with zero attached hydrogens (tertiary/aromatic N) is 1. The van der Waals surface area contributed by atoms with E-state index in [0.29, 0.717) is 19.2 Å². The summed E-state index contributed by atoms with van der Waals surface area (Å²) in [6, 6.07) is 0.329. The first-order valence-electron chi connectivity index (χ1n) is 5.63. The van der Waals surface area contributed by atoms with Crippen LogP contribution >= 0.6 is 11.8 Å². The first-order valence-corrected chi connectivity index (χ1v) is 6.79. The lowest BCUT2D eigenvalue weighted by Crippen LogP contribution is -2.55. The zero-order valence-corrected chi connectivity index (χ0v) is 11.2. The number of hydrogen-bond acceptors (Lipinski definition) is 4. The molecule has 1 saturated heterocycles. The van der Waals surface area contributed by atoms with Crippen molar-refractivity contribution in [1.29, 1.82) is 0 Å². The SMILES string of the molecule is COCCN(C(=O)C(C)(C)N)C1CCSC1. The maximum Gasteiger partial charge on any atom is 0.242 e. The van der Waals surface area contributed by atoms with Gasteiger partial charge in [0.05, 0.1) is 12.1 Å². The number of nitrogens with two attached hydrogens (primary N) is 1. The Hall–Kier alpha value is -0.260. The van der Waals surface area contributed by atoms with E-state index < -0.39 is 5.54 Å². The van der Waals surface area contributed by atoms with Gasteiger partial charge in [-0.15, -0.1) is 0 Å². The van der Waals surface area contributed by atoms with Crippen molar-refractivity contribution >= 4 is 17.7 Å². The van der Waals surface area contributed by atoms with Crippen LogP contribution in [-0.4, -0.2) is 54.2 Å². The number of methoxy groups -OCH3 is 1. The molecule has 94 valence electrons. The highest BCUT2D eigenvalue weighted by Crippen LogP contribution is 2.23. The monoisotopic (exact) mass is 246 g/mol. The lowest BCUT2D eigenvalue weighted by molar-refractivity contribution is -0.138. The second-order valence-corrected chi connectivity index (χ2v) is 5.88. The number of rotatable bonds is 5. The summed E-state index contributed by atoms with van der Waals surface area (Å²) >= 11 is 1.90. The summed E-state index contributed by atoms with van der Waals surface area (Å²) in [5.74, 6) is 2.18. The molecule has 0 aromatic rings. The third kappa shape index (κ3) is 3.64. The molecular formula is C11H22N2O2S. The zero-order chi connectivity index (χ0) is 12.2. The Morgan fingerprint density at radius 3 is 2.75 bits per heavy atom. The number of carbonyl (C=O) groups is 1. The fraction of sp³-hybridized carbons (Fsp3) is 0.909. The summed E-state index contributed by atoms with van der Waals surface area (Å²) in [6.07, 6.45) is 1.07. The Morgan fingerprint density at radius 1 is 1.62 bits per heavy atom. The van der Waals surface area contributed by atoms with Crippen molar-refractivity contribution in [3.63, 3.8) is 0 Å². The lowest BCUT2D eigenvalue weighted by Gasteiger charge is -2.33. The number of ether oxygens (including phenoxy) is 1. The van der Waals surface area contributed by atoms with Crippen molar-refractivity contribution in [3.05, 3.63) is 0 Å². The quantitative estimate of drug-likeness (QED) is 0.776. The van der Waals surface area contributed by atoms with Gasteiger partial charge in [-0.2, -0.15) is 11.8 Å². The number of hydrogen-bond donors (Lipinski definition) is 1. The highest BCUT2D eigenvalue weighted by atomic mass is 32.2. The summed E-state index contributed by atoms with van der Waals surface area (Å²) in [6.45, 7) is 4.73. The third-order valence-electron chi connectivity index (χ3n) is 2.69. The van der Waals surface area contributed by atoms with Crippen LogP contribution in [0, 0.1) is 0 Å². The lowest BCUT2D eigenvalue weighted by atomic mass is 10.0. The van der Waals surface area contributed by atoms with Crippen molar-refractivity contribution in [1.82, 2.24) is 4.90 Å². The molecule has 1 aliphatic rings. The van der Waals surface area contributed by atoms with Gasteiger partial charge < -0.3 is 15.4 Å². The van der Waals surface area contributed by atoms with Crippen molar-refractivity contribution < 1.29 is 9.53 Å². The van der Waals surface area contributed by atoms with Crippen LogP contribution < -0.4 is 5.73 Å². The summed E-state index contributed by atoms with van der Waals surface area (Å²) < 4.78 is 5.05. The molecule has 1 fully saturated rings. The standard InChI is InChI=1S/C11H22N2O2S/c1-11(2,12)10(14)13(5-6-15-3)9-4-7-16-8-9/h9H,4-8,12H2,1-3H3. The summed E-state index contributed by atoms with van der Waals surface area (Å²) in [5.41, 5.74) is 5.09. The second kappa shape index (κ2) is 5.89. The Labute approximate surface area is 102 Å². The van der Waals surface area contributed by atoms with E-state index in [0.717, 1.165) is 17.9 Å². The normalized spacial score (nSPS) is 21.1. The van der Waals surface area contributed by atoms with Gasteiger partial charge in [-0.25, -0.2) is 0 Å². The Balaban J connectivity index is 2.65. The van der Waals surface area contributed by atoms with Gasteiger partial charge in [0, 0.05) is 25.4 Å². The molecule has 0 aliphatic carbocycles. The van der Waals surface area contributed by atoms with Crippen molar-refractivity contribution in [2.45, 2.75) is 31.8 Å². The van der Waals surface area contributed by atoms with Crippen LogP contribution in [-0.2, 0) is 9.53 Å². The minimum Gasteiger partial charge on any atom is -0.383 e. The maximum absolute atomic E-state index is 12.2. The van der Waals surface area contributed by atoms with Gasteiger partial charge in [0.2, 0.25) is 5.91 Å². The number of amides is 1. The molecule has 4 nitrogen and oxygen atoms in total. The van der Waals surface area contributed by atoms with E-state index in [-0.39, 0.29) is 5.91 Å². The highest BCUT2D eigenvalue weighted by molar-refractivity contribution is 7.99. The van der Waals surface area contributed by atoms with E-state index in [1.165, 1.54) is 0 Å². The predicted molar refractivity (Wildman–Crippen MR) is 67.6 cm³/mol. The number of carbonyl (C=O) groups excluding carboxylic acids is 1. The van der Waals surface area contributed by atoms with Crippen LogP contribution in [0.1, 0.15) is 20.3 Å². The molecule has 1 aliphatic heterocycles. The van der Waals surface area contributed by atoms with Gasteiger partial charge in [0.15, 0.2) is 0 Å².